The molecule has 1 aromatic heterocycles. The summed E-state index contributed by atoms with van der Waals surface area (Å²) in [6.45, 7) is 0.352. The van der Waals surface area contributed by atoms with Crippen molar-refractivity contribution in [1.82, 2.24) is 14.9 Å². The summed E-state index contributed by atoms with van der Waals surface area (Å²) in [6.07, 6.45) is 2.26. The van der Waals surface area contributed by atoms with Gasteiger partial charge in [0.2, 0.25) is 11.9 Å². The number of hydrogen-bond donors (Lipinski definition) is 1. The van der Waals surface area contributed by atoms with Gasteiger partial charge in [-0.05, 0) is 24.0 Å². The van der Waals surface area contributed by atoms with Crippen molar-refractivity contribution < 1.29 is 13.6 Å². The van der Waals surface area contributed by atoms with Crippen LogP contribution in [-0.4, -0.2) is 29.6 Å². The number of amides is 1. The van der Waals surface area contributed by atoms with Crippen LogP contribution in [0.5, 0.6) is 0 Å². The number of carbonyl (C=O) groups excluding carboxylic acids is 1. The van der Waals surface area contributed by atoms with Gasteiger partial charge in [0, 0.05) is 27.1 Å². The normalized spacial score (nSPS) is 19.2. The van der Waals surface area contributed by atoms with Crippen LogP contribution in [0.3, 0.4) is 0 Å². The van der Waals surface area contributed by atoms with Crippen molar-refractivity contribution in [3.63, 3.8) is 0 Å². The molecule has 0 aliphatic heterocycles. The van der Waals surface area contributed by atoms with Crippen molar-refractivity contribution in [3.8, 4) is 0 Å². The number of hydrogen-bond acceptors (Lipinski definition) is 3. The SMILES string of the molecule is CN(C)c1ncc(CNC(=O)[C@@H]2C[C@@H]2c2cccc(F)c2F)n1C. The van der Waals surface area contributed by atoms with Crippen molar-refractivity contribution in [2.45, 2.75) is 18.9 Å². The predicted octanol–water partition coefficient (Wildman–Crippen LogP) is 2.18. The molecule has 24 heavy (non-hydrogen) atoms. The molecule has 1 amide bonds. The van der Waals surface area contributed by atoms with Crippen LogP contribution in [0.1, 0.15) is 23.6 Å². The molecule has 1 fully saturated rings. The van der Waals surface area contributed by atoms with E-state index in [2.05, 4.69) is 10.3 Å². The molecule has 3 rings (SSSR count). The highest BCUT2D eigenvalue weighted by Gasteiger charge is 2.45. The lowest BCUT2D eigenvalue weighted by Gasteiger charge is -2.13. The van der Waals surface area contributed by atoms with E-state index in [0.717, 1.165) is 17.7 Å². The molecule has 1 aliphatic carbocycles. The van der Waals surface area contributed by atoms with Crippen LogP contribution in [0.15, 0.2) is 24.4 Å². The van der Waals surface area contributed by atoms with E-state index in [1.807, 2.05) is 30.6 Å². The van der Waals surface area contributed by atoms with Crippen molar-refractivity contribution in [3.05, 3.63) is 47.3 Å². The molecule has 5 nitrogen and oxygen atoms in total. The minimum atomic E-state index is -0.871. The van der Waals surface area contributed by atoms with E-state index >= 15 is 0 Å². The van der Waals surface area contributed by atoms with Crippen LogP contribution in [0.2, 0.25) is 0 Å². The number of carbonyl (C=O) groups is 1. The number of anilines is 1. The molecule has 0 spiro atoms. The van der Waals surface area contributed by atoms with Crippen molar-refractivity contribution in [2.24, 2.45) is 13.0 Å². The van der Waals surface area contributed by atoms with E-state index in [0.29, 0.717) is 13.0 Å². The maximum absolute atomic E-state index is 13.8. The number of benzene rings is 1. The zero-order valence-electron chi connectivity index (χ0n) is 13.9. The first-order valence-electron chi connectivity index (χ1n) is 7.79. The molecular formula is C17H20F2N4O. The summed E-state index contributed by atoms with van der Waals surface area (Å²) >= 11 is 0. The second-order valence-electron chi connectivity index (χ2n) is 6.31. The fourth-order valence-electron chi connectivity index (χ4n) is 2.96. The monoisotopic (exact) mass is 334 g/mol. The summed E-state index contributed by atoms with van der Waals surface area (Å²) in [6, 6.07) is 4.10. The average molecular weight is 334 g/mol. The Morgan fingerprint density at radius 2 is 2.17 bits per heavy atom. The second-order valence-corrected chi connectivity index (χ2v) is 6.31. The Hall–Kier alpha value is -2.44. The summed E-state index contributed by atoms with van der Waals surface area (Å²) in [5.41, 5.74) is 1.16. The molecule has 0 radical (unpaired) electrons. The third-order valence-electron chi connectivity index (χ3n) is 4.41. The number of rotatable bonds is 5. The topological polar surface area (TPSA) is 50.2 Å². The number of aromatic nitrogens is 2. The highest BCUT2D eigenvalue weighted by Crippen LogP contribution is 2.48. The van der Waals surface area contributed by atoms with Gasteiger partial charge in [-0.1, -0.05) is 12.1 Å². The molecule has 1 aliphatic rings. The molecule has 0 bridgehead atoms. The molecule has 128 valence electrons. The average Bonchev–Trinajstić information content (AvgIpc) is 3.24. The van der Waals surface area contributed by atoms with Gasteiger partial charge >= 0.3 is 0 Å². The lowest BCUT2D eigenvalue weighted by molar-refractivity contribution is -0.122. The van der Waals surface area contributed by atoms with Crippen molar-refractivity contribution >= 4 is 11.9 Å². The van der Waals surface area contributed by atoms with E-state index in [-0.39, 0.29) is 23.3 Å². The quantitative estimate of drug-likeness (QED) is 0.912. The molecule has 1 heterocycles. The smallest absolute Gasteiger partial charge is 0.224 e. The lowest BCUT2D eigenvalue weighted by atomic mass is 10.1. The summed E-state index contributed by atoms with van der Waals surface area (Å²) in [4.78, 5) is 18.4. The zero-order valence-corrected chi connectivity index (χ0v) is 13.9. The number of nitrogens with one attached hydrogen (secondary N) is 1. The van der Waals surface area contributed by atoms with Crippen LogP contribution in [0.25, 0.3) is 0 Å². The van der Waals surface area contributed by atoms with Gasteiger partial charge < -0.3 is 14.8 Å². The number of halogens is 2. The zero-order chi connectivity index (χ0) is 17.4. The molecule has 2 atom stereocenters. The van der Waals surface area contributed by atoms with Gasteiger partial charge in [-0.25, -0.2) is 13.8 Å². The molecule has 0 unspecified atom stereocenters. The van der Waals surface area contributed by atoms with Gasteiger partial charge in [0.05, 0.1) is 18.4 Å². The van der Waals surface area contributed by atoms with Gasteiger partial charge in [0.1, 0.15) is 0 Å². The predicted molar refractivity (Wildman–Crippen MR) is 86.6 cm³/mol. The highest BCUT2D eigenvalue weighted by molar-refractivity contribution is 5.82. The molecule has 2 aromatic rings. The molecule has 1 N–H and O–H groups in total. The van der Waals surface area contributed by atoms with E-state index in [1.165, 1.54) is 6.07 Å². The summed E-state index contributed by atoms with van der Waals surface area (Å²) in [5, 5.41) is 2.85. The molecule has 7 heteroatoms. The Morgan fingerprint density at radius 3 is 2.83 bits per heavy atom. The minimum Gasteiger partial charge on any atom is -0.350 e. The Balaban J connectivity index is 1.60. The van der Waals surface area contributed by atoms with Gasteiger partial charge in [-0.15, -0.1) is 0 Å². The van der Waals surface area contributed by atoms with Crippen LogP contribution in [0, 0.1) is 17.6 Å². The number of imidazole rings is 1. The third-order valence-corrected chi connectivity index (χ3v) is 4.41. The van der Waals surface area contributed by atoms with E-state index in [9.17, 15) is 13.6 Å². The van der Waals surface area contributed by atoms with Crippen LogP contribution < -0.4 is 10.2 Å². The Bertz CT molecular complexity index is 772. The molecule has 0 saturated heterocycles. The van der Waals surface area contributed by atoms with E-state index in [4.69, 9.17) is 0 Å². The van der Waals surface area contributed by atoms with Crippen LogP contribution >= 0.6 is 0 Å². The Labute approximate surface area is 139 Å². The Morgan fingerprint density at radius 1 is 1.42 bits per heavy atom. The fraction of sp³-hybridized carbons (Fsp3) is 0.412. The van der Waals surface area contributed by atoms with Crippen molar-refractivity contribution in [2.75, 3.05) is 19.0 Å². The fourth-order valence-corrected chi connectivity index (χ4v) is 2.96. The van der Waals surface area contributed by atoms with Crippen LogP contribution in [0.4, 0.5) is 14.7 Å². The highest BCUT2D eigenvalue weighted by atomic mass is 19.2. The summed E-state index contributed by atoms with van der Waals surface area (Å²) < 4.78 is 29.0. The summed E-state index contributed by atoms with van der Waals surface area (Å²) in [5.74, 6) is -1.61. The first-order chi connectivity index (χ1) is 11.4. The largest absolute Gasteiger partial charge is 0.350 e. The molecular weight excluding hydrogens is 314 g/mol. The standard InChI is InChI=1S/C17H20F2N4O/c1-22(2)17-21-9-10(23(17)3)8-20-16(24)13-7-12(13)11-5-4-6-14(18)15(11)19/h4-6,9,12-13H,7-8H2,1-3H3,(H,20,24)/t12-,13-/m1/s1. The van der Waals surface area contributed by atoms with Crippen LogP contribution in [-0.2, 0) is 18.4 Å². The maximum Gasteiger partial charge on any atom is 0.224 e. The van der Waals surface area contributed by atoms with Crippen molar-refractivity contribution in [1.29, 1.82) is 0 Å². The van der Waals surface area contributed by atoms with Gasteiger partial charge in [-0.2, -0.15) is 0 Å². The lowest BCUT2D eigenvalue weighted by Crippen LogP contribution is -2.26. The molecule has 1 saturated carbocycles. The maximum atomic E-state index is 13.8. The number of nitrogens with zero attached hydrogens (tertiary/aromatic N) is 3. The summed E-state index contributed by atoms with van der Waals surface area (Å²) in [7, 11) is 5.67. The minimum absolute atomic E-state index is 0.142. The third kappa shape index (κ3) is 2.98. The van der Waals surface area contributed by atoms with E-state index < -0.39 is 11.6 Å². The van der Waals surface area contributed by atoms with E-state index in [1.54, 1.807) is 12.3 Å². The second kappa shape index (κ2) is 6.22. The van der Waals surface area contributed by atoms with Gasteiger partial charge in [-0.3, -0.25) is 4.79 Å². The molecule has 1 aromatic carbocycles. The first kappa shape index (κ1) is 16.4. The van der Waals surface area contributed by atoms with Gasteiger partial charge in [0.15, 0.2) is 11.6 Å². The van der Waals surface area contributed by atoms with Gasteiger partial charge in [0.25, 0.3) is 0 Å². The first-order valence-corrected chi connectivity index (χ1v) is 7.79. The Kier molecular flexibility index (Phi) is 4.26.